The van der Waals surface area contributed by atoms with Gasteiger partial charge in [0.2, 0.25) is 5.91 Å². The average molecular weight is 339 g/mol. The molecule has 1 aliphatic heterocycles. The summed E-state index contributed by atoms with van der Waals surface area (Å²) in [5, 5.41) is 0. The van der Waals surface area contributed by atoms with Gasteiger partial charge in [0.05, 0.1) is 5.41 Å². The second-order valence-electron chi connectivity index (χ2n) is 7.51. The number of hydrogen-bond donors (Lipinski definition) is 1. The molecule has 1 atom stereocenters. The molecule has 130 valence electrons. The van der Waals surface area contributed by atoms with Crippen LogP contribution in [-0.4, -0.2) is 29.4 Å². The Morgan fingerprint density at radius 1 is 1.30 bits per heavy atom. The molecular weight excluding hydrogens is 308 g/mol. The molecule has 0 radical (unpaired) electrons. The molecule has 3 nitrogen and oxygen atoms in total. The van der Waals surface area contributed by atoms with E-state index in [0.29, 0.717) is 0 Å². The van der Waals surface area contributed by atoms with Crippen molar-refractivity contribution in [3.63, 3.8) is 0 Å². The van der Waals surface area contributed by atoms with Crippen LogP contribution in [0.25, 0.3) is 0 Å². The Kier molecular flexibility index (Phi) is 6.67. The van der Waals surface area contributed by atoms with E-state index in [0.717, 1.165) is 25.1 Å². The Morgan fingerprint density at radius 2 is 1.91 bits per heavy atom. The standard InChI is InChI=1S/C19H30N2O.ClH/c1-15(2)19(17(20)22,16-9-6-5-7-10-16)12-14-21-13-8-11-18(21,3)4;/h5-7,9-10,15H,8,11-14H2,1-4H3,(H2,20,22);1H. The third kappa shape index (κ3) is 3.89. The van der Waals surface area contributed by atoms with Crippen molar-refractivity contribution in [2.75, 3.05) is 13.1 Å². The number of likely N-dealkylation sites (tertiary alicyclic amines) is 1. The summed E-state index contributed by atoms with van der Waals surface area (Å²) in [6.07, 6.45) is 3.25. The number of amides is 1. The largest absolute Gasteiger partial charge is 0.369 e. The van der Waals surface area contributed by atoms with Crippen LogP contribution in [0.4, 0.5) is 0 Å². The highest BCUT2D eigenvalue weighted by Crippen LogP contribution is 2.38. The van der Waals surface area contributed by atoms with Gasteiger partial charge in [-0.1, -0.05) is 44.2 Å². The normalized spacial score (nSPS) is 20.0. The summed E-state index contributed by atoms with van der Waals surface area (Å²) in [5.74, 6) is -0.0242. The molecule has 1 fully saturated rings. The Balaban J connectivity index is 0.00000264. The summed E-state index contributed by atoms with van der Waals surface area (Å²) in [6, 6.07) is 10.1. The fraction of sp³-hybridized carbons (Fsp3) is 0.632. The maximum atomic E-state index is 12.4. The van der Waals surface area contributed by atoms with E-state index >= 15 is 0 Å². The Bertz CT molecular complexity index is 515. The van der Waals surface area contributed by atoms with Crippen LogP contribution >= 0.6 is 12.4 Å². The molecule has 0 saturated carbocycles. The zero-order chi connectivity index (χ0) is 16.4. The van der Waals surface area contributed by atoms with Crippen LogP contribution in [0.15, 0.2) is 30.3 Å². The van der Waals surface area contributed by atoms with E-state index in [1.165, 1.54) is 12.8 Å². The number of nitrogens with zero attached hydrogens (tertiary/aromatic N) is 1. The summed E-state index contributed by atoms with van der Waals surface area (Å²) in [6.45, 7) is 10.8. The number of primary amides is 1. The van der Waals surface area contributed by atoms with Gasteiger partial charge in [0, 0.05) is 12.1 Å². The molecule has 1 amide bonds. The van der Waals surface area contributed by atoms with Gasteiger partial charge < -0.3 is 5.73 Å². The van der Waals surface area contributed by atoms with E-state index in [2.05, 4.69) is 32.6 Å². The summed E-state index contributed by atoms with van der Waals surface area (Å²) in [7, 11) is 0. The third-order valence-electron chi connectivity index (χ3n) is 5.56. The monoisotopic (exact) mass is 338 g/mol. The fourth-order valence-corrected chi connectivity index (χ4v) is 3.94. The molecule has 0 bridgehead atoms. The minimum atomic E-state index is -0.583. The number of carbonyl (C=O) groups excluding carboxylic acids is 1. The molecule has 2 N–H and O–H groups in total. The first-order chi connectivity index (χ1) is 10.3. The summed E-state index contributed by atoms with van der Waals surface area (Å²) < 4.78 is 0. The van der Waals surface area contributed by atoms with Crippen LogP contribution in [0.5, 0.6) is 0 Å². The van der Waals surface area contributed by atoms with Gasteiger partial charge in [-0.05, 0) is 51.1 Å². The number of benzene rings is 1. The number of nitrogens with two attached hydrogens (primary N) is 1. The van der Waals surface area contributed by atoms with Crippen LogP contribution < -0.4 is 5.73 Å². The average Bonchev–Trinajstić information content (AvgIpc) is 2.79. The predicted molar refractivity (Wildman–Crippen MR) is 98.9 cm³/mol. The maximum Gasteiger partial charge on any atom is 0.228 e. The van der Waals surface area contributed by atoms with Gasteiger partial charge in [-0.3, -0.25) is 9.69 Å². The van der Waals surface area contributed by atoms with Crippen molar-refractivity contribution < 1.29 is 4.79 Å². The van der Waals surface area contributed by atoms with E-state index in [1.807, 2.05) is 30.3 Å². The lowest BCUT2D eigenvalue weighted by Gasteiger charge is -2.39. The zero-order valence-corrected chi connectivity index (χ0v) is 15.7. The van der Waals surface area contributed by atoms with E-state index in [-0.39, 0.29) is 29.8 Å². The predicted octanol–water partition coefficient (Wildman–Crippen LogP) is 3.75. The van der Waals surface area contributed by atoms with Crippen molar-refractivity contribution in [3.05, 3.63) is 35.9 Å². The minimum absolute atomic E-state index is 0. The van der Waals surface area contributed by atoms with Crippen molar-refractivity contribution in [3.8, 4) is 0 Å². The third-order valence-corrected chi connectivity index (χ3v) is 5.56. The summed E-state index contributed by atoms with van der Waals surface area (Å²) >= 11 is 0. The SMILES string of the molecule is CC(C)C(CCN1CCCC1(C)C)(C(N)=O)c1ccccc1.Cl. The molecule has 2 rings (SSSR count). The summed E-state index contributed by atoms with van der Waals surface area (Å²) in [5.41, 5.74) is 6.60. The van der Waals surface area contributed by atoms with Crippen LogP contribution in [-0.2, 0) is 10.2 Å². The number of halogens is 1. The molecular formula is C19H31ClN2O. The van der Waals surface area contributed by atoms with Gasteiger partial charge in [-0.25, -0.2) is 0 Å². The first kappa shape index (κ1) is 20.0. The lowest BCUT2D eigenvalue weighted by Crippen LogP contribution is -2.49. The minimum Gasteiger partial charge on any atom is -0.369 e. The zero-order valence-electron chi connectivity index (χ0n) is 14.8. The molecule has 4 heteroatoms. The van der Waals surface area contributed by atoms with Crippen molar-refractivity contribution in [2.24, 2.45) is 11.7 Å². The molecule has 0 spiro atoms. The molecule has 1 aromatic rings. The van der Waals surface area contributed by atoms with Gasteiger partial charge in [-0.2, -0.15) is 0 Å². The molecule has 1 aromatic carbocycles. The van der Waals surface area contributed by atoms with Crippen LogP contribution in [0.2, 0.25) is 0 Å². The second-order valence-corrected chi connectivity index (χ2v) is 7.51. The maximum absolute atomic E-state index is 12.4. The molecule has 1 saturated heterocycles. The quantitative estimate of drug-likeness (QED) is 0.858. The van der Waals surface area contributed by atoms with Gasteiger partial charge in [0.25, 0.3) is 0 Å². The fourth-order valence-electron chi connectivity index (χ4n) is 3.94. The summed E-state index contributed by atoms with van der Waals surface area (Å²) in [4.78, 5) is 14.9. The van der Waals surface area contributed by atoms with Gasteiger partial charge in [0.15, 0.2) is 0 Å². The molecule has 1 unspecified atom stereocenters. The Labute approximate surface area is 147 Å². The highest BCUT2D eigenvalue weighted by atomic mass is 35.5. The first-order valence-corrected chi connectivity index (χ1v) is 8.41. The molecule has 0 aromatic heterocycles. The topological polar surface area (TPSA) is 46.3 Å². The van der Waals surface area contributed by atoms with Gasteiger partial charge in [0.1, 0.15) is 0 Å². The van der Waals surface area contributed by atoms with E-state index in [1.54, 1.807) is 0 Å². The molecule has 1 heterocycles. The second kappa shape index (κ2) is 7.67. The molecule has 1 aliphatic rings. The number of carbonyl (C=O) groups is 1. The van der Waals surface area contributed by atoms with E-state index in [9.17, 15) is 4.79 Å². The van der Waals surface area contributed by atoms with Gasteiger partial charge in [-0.15, -0.1) is 12.4 Å². The van der Waals surface area contributed by atoms with E-state index in [4.69, 9.17) is 5.73 Å². The van der Waals surface area contributed by atoms with Crippen LogP contribution in [0.1, 0.15) is 52.5 Å². The molecule has 23 heavy (non-hydrogen) atoms. The highest BCUT2D eigenvalue weighted by molar-refractivity contribution is 5.87. The number of rotatable bonds is 6. The van der Waals surface area contributed by atoms with Crippen molar-refractivity contribution >= 4 is 18.3 Å². The van der Waals surface area contributed by atoms with Crippen LogP contribution in [0.3, 0.4) is 0 Å². The highest BCUT2D eigenvalue weighted by Gasteiger charge is 2.43. The number of hydrogen-bond acceptors (Lipinski definition) is 2. The lowest BCUT2D eigenvalue weighted by molar-refractivity contribution is -0.125. The van der Waals surface area contributed by atoms with Crippen molar-refractivity contribution in [1.29, 1.82) is 0 Å². The van der Waals surface area contributed by atoms with Crippen molar-refractivity contribution in [1.82, 2.24) is 4.90 Å². The lowest BCUT2D eigenvalue weighted by atomic mass is 9.68. The van der Waals surface area contributed by atoms with Gasteiger partial charge >= 0.3 is 0 Å². The van der Waals surface area contributed by atoms with E-state index < -0.39 is 5.41 Å². The Hall–Kier alpha value is -1.06. The smallest absolute Gasteiger partial charge is 0.228 e. The van der Waals surface area contributed by atoms with Crippen molar-refractivity contribution in [2.45, 2.75) is 57.9 Å². The molecule has 0 aliphatic carbocycles. The first-order valence-electron chi connectivity index (χ1n) is 8.41. The Morgan fingerprint density at radius 3 is 2.35 bits per heavy atom. The van der Waals surface area contributed by atoms with Crippen LogP contribution in [0, 0.1) is 5.92 Å².